The summed E-state index contributed by atoms with van der Waals surface area (Å²) in [5.41, 5.74) is 0.467. The van der Waals surface area contributed by atoms with Gasteiger partial charge in [-0.1, -0.05) is 43.2 Å². The highest BCUT2D eigenvalue weighted by Gasteiger charge is 2.43. The van der Waals surface area contributed by atoms with E-state index < -0.39 is 41.6 Å². The van der Waals surface area contributed by atoms with Crippen molar-refractivity contribution < 1.29 is 24.5 Å². The number of amides is 1. The average Bonchev–Trinajstić information content (AvgIpc) is 3.22. The molecule has 0 aromatic carbocycles. The van der Waals surface area contributed by atoms with Crippen LogP contribution in [0.2, 0.25) is 0 Å². The van der Waals surface area contributed by atoms with E-state index in [0.29, 0.717) is 30.2 Å². The summed E-state index contributed by atoms with van der Waals surface area (Å²) in [6.45, 7) is 12.9. The van der Waals surface area contributed by atoms with Gasteiger partial charge in [-0.25, -0.2) is 4.98 Å². The molecule has 0 spiro atoms. The first-order chi connectivity index (χ1) is 16.9. The van der Waals surface area contributed by atoms with Gasteiger partial charge in [0, 0.05) is 10.4 Å². The average molecular weight is 539 g/mol. The number of thiazole rings is 1. The van der Waals surface area contributed by atoms with Gasteiger partial charge in [-0.15, -0.1) is 17.9 Å². The van der Waals surface area contributed by atoms with Gasteiger partial charge in [-0.3, -0.25) is 9.59 Å². The number of rotatable bonds is 4. The predicted molar refractivity (Wildman–Crippen MR) is 145 cm³/mol. The van der Waals surface area contributed by atoms with Crippen LogP contribution in [0.5, 0.6) is 0 Å². The van der Waals surface area contributed by atoms with Crippen molar-refractivity contribution in [1.82, 2.24) is 10.3 Å². The van der Waals surface area contributed by atoms with E-state index in [1.807, 2.05) is 25.3 Å². The van der Waals surface area contributed by atoms with E-state index in [-0.39, 0.29) is 18.6 Å². The fraction of sp³-hybridized carbons (Fsp3) is 0.593. The zero-order chi connectivity index (χ0) is 27.0. The number of carbonyl (C=O) groups is 2. The lowest BCUT2D eigenvalue weighted by molar-refractivity contribution is -0.146. The molecule has 0 radical (unpaired) electrons. The predicted octanol–water partition coefficient (Wildman–Crippen LogP) is 4.56. The number of aryl methyl sites for hydroxylation is 1. The second-order valence-corrected chi connectivity index (χ2v) is 11.5. The Kier molecular flexibility index (Phi) is 11.5. The number of allylic oxidation sites excluding steroid dienone is 1. The van der Waals surface area contributed by atoms with Gasteiger partial charge in [-0.05, 0) is 46.1 Å². The van der Waals surface area contributed by atoms with E-state index in [1.165, 1.54) is 11.3 Å². The molecule has 1 aromatic heterocycles. The smallest absolute Gasteiger partial charge is 0.223 e. The largest absolute Gasteiger partial charge is 0.392 e. The summed E-state index contributed by atoms with van der Waals surface area (Å²) in [7, 11) is 0. The maximum Gasteiger partial charge on any atom is 0.223 e. The number of aliphatic hydroxyl groups excluding tert-OH is 2. The third kappa shape index (κ3) is 8.35. The summed E-state index contributed by atoms with van der Waals surface area (Å²) >= 11 is 8.13. The molecule has 36 heavy (non-hydrogen) atoms. The monoisotopic (exact) mass is 538 g/mol. The summed E-state index contributed by atoms with van der Waals surface area (Å²) in [6.07, 6.45) is 3.36. The van der Waals surface area contributed by atoms with E-state index in [4.69, 9.17) is 16.3 Å². The normalized spacial score (nSPS) is 30.8. The van der Waals surface area contributed by atoms with Crippen molar-refractivity contribution >= 4 is 40.7 Å². The number of Topliss-reactive ketones (excluding diaryl/α,β-unsaturated/α-hetero) is 1. The molecular weight excluding hydrogens is 500 g/mol. The van der Waals surface area contributed by atoms with Gasteiger partial charge in [-0.2, -0.15) is 0 Å². The van der Waals surface area contributed by atoms with Crippen molar-refractivity contribution in [3.63, 3.8) is 0 Å². The molecule has 0 saturated carbocycles. The third-order valence-corrected chi connectivity index (χ3v) is 7.83. The molecular formula is C27H39ClN2O5S. The molecule has 0 fully saturated rings. The summed E-state index contributed by atoms with van der Waals surface area (Å²) in [4.78, 5) is 30.8. The zero-order valence-electron chi connectivity index (χ0n) is 21.8. The Hall–Kier alpha value is -1.84. The van der Waals surface area contributed by atoms with Crippen LogP contribution in [0.1, 0.15) is 64.1 Å². The van der Waals surface area contributed by atoms with Crippen molar-refractivity contribution in [2.45, 2.75) is 84.7 Å². The van der Waals surface area contributed by atoms with E-state index in [0.717, 1.165) is 10.6 Å². The molecule has 7 nitrogen and oxygen atoms in total. The van der Waals surface area contributed by atoms with Gasteiger partial charge in [0.05, 0.1) is 59.4 Å². The van der Waals surface area contributed by atoms with E-state index in [9.17, 15) is 19.8 Å². The Morgan fingerprint density at radius 2 is 2.06 bits per heavy atom. The molecule has 3 N–H and O–H groups in total. The first-order valence-corrected chi connectivity index (χ1v) is 13.5. The maximum atomic E-state index is 13.5. The first-order valence-electron chi connectivity index (χ1n) is 12.2. The summed E-state index contributed by atoms with van der Waals surface area (Å²) in [5, 5.41) is 28.0. The minimum Gasteiger partial charge on any atom is -0.392 e. The second kappa shape index (κ2) is 13.6. The highest BCUT2D eigenvalue weighted by atomic mass is 35.5. The van der Waals surface area contributed by atoms with Crippen LogP contribution >= 0.6 is 22.9 Å². The molecule has 0 aliphatic carbocycles. The second-order valence-electron chi connectivity index (χ2n) is 9.98. The quantitative estimate of drug-likeness (QED) is 0.485. The number of halogens is 1. The molecule has 2 rings (SSSR count). The number of hydrogen-bond donors (Lipinski definition) is 3. The molecule has 2 heterocycles. The van der Waals surface area contributed by atoms with Gasteiger partial charge in [0.1, 0.15) is 5.78 Å². The SMILES string of the molecule is C=CC[C@H]1C(=O)C(C)(C)[C@@H](O)CC(=O)N[C@H](/C(Cl)=C/c2csc(C)n2)C/C=C(/C)CCO[C@H](C)[C@H]1O. The van der Waals surface area contributed by atoms with Crippen LogP contribution in [-0.2, 0) is 14.3 Å². The number of carbonyl (C=O) groups excluding carboxylic acids is 2. The molecule has 9 heteroatoms. The number of ether oxygens (including phenoxy) is 1. The molecule has 1 aliphatic rings. The Morgan fingerprint density at radius 3 is 2.67 bits per heavy atom. The van der Waals surface area contributed by atoms with Gasteiger partial charge in [0.15, 0.2) is 0 Å². The molecule has 1 aromatic rings. The molecule has 0 unspecified atom stereocenters. The molecule has 1 amide bonds. The van der Waals surface area contributed by atoms with Crippen LogP contribution in [0.15, 0.2) is 34.7 Å². The summed E-state index contributed by atoms with van der Waals surface area (Å²) < 4.78 is 5.86. The van der Waals surface area contributed by atoms with E-state index in [1.54, 1.807) is 32.9 Å². The van der Waals surface area contributed by atoms with Crippen LogP contribution in [0.4, 0.5) is 0 Å². The topological polar surface area (TPSA) is 109 Å². The lowest BCUT2D eigenvalue weighted by Crippen LogP contribution is -2.49. The van der Waals surface area contributed by atoms with Crippen molar-refractivity contribution in [1.29, 1.82) is 0 Å². The standard InChI is InChI=1S/C27H39ClN2O5S/c1-7-8-20-25(33)17(3)35-12-11-16(2)9-10-22(21(28)13-19-15-36-18(4)29-19)30-24(32)14-23(31)27(5,6)26(20)34/h7,9,13,15,17,20,22-23,25,31,33H,1,8,10-12,14H2,2-6H3,(H,30,32)/b16-9-,21-13-/t17-,20-,22+,23+,25-/m1/s1. The van der Waals surface area contributed by atoms with Crippen LogP contribution in [0.3, 0.4) is 0 Å². The lowest BCUT2D eigenvalue weighted by atomic mass is 9.72. The Labute approximate surface area is 223 Å². The van der Waals surface area contributed by atoms with E-state index in [2.05, 4.69) is 16.9 Å². The minimum atomic E-state index is -1.29. The van der Waals surface area contributed by atoms with Crippen LogP contribution in [0.25, 0.3) is 6.08 Å². The van der Waals surface area contributed by atoms with Crippen molar-refractivity contribution in [2.24, 2.45) is 11.3 Å². The lowest BCUT2D eigenvalue weighted by Gasteiger charge is -2.35. The summed E-state index contributed by atoms with van der Waals surface area (Å²) in [6, 6.07) is -0.523. The molecule has 0 bridgehead atoms. The van der Waals surface area contributed by atoms with Gasteiger partial charge < -0.3 is 20.3 Å². The molecule has 0 saturated heterocycles. The zero-order valence-corrected chi connectivity index (χ0v) is 23.4. The first kappa shape index (κ1) is 30.4. The fourth-order valence-corrected chi connectivity index (χ4v) is 4.91. The number of aromatic nitrogens is 1. The van der Waals surface area contributed by atoms with Crippen LogP contribution < -0.4 is 5.32 Å². The fourth-order valence-electron chi connectivity index (χ4n) is 4.09. The van der Waals surface area contributed by atoms with Gasteiger partial charge in [0.2, 0.25) is 5.91 Å². The van der Waals surface area contributed by atoms with Crippen molar-refractivity contribution in [2.75, 3.05) is 6.61 Å². The van der Waals surface area contributed by atoms with Crippen molar-refractivity contribution in [3.05, 3.63) is 45.4 Å². The third-order valence-electron chi connectivity index (χ3n) is 6.67. The number of hydrogen-bond acceptors (Lipinski definition) is 7. The number of nitrogens with one attached hydrogen (secondary N) is 1. The number of aliphatic hydroxyl groups is 2. The van der Waals surface area contributed by atoms with Crippen molar-refractivity contribution in [3.8, 4) is 0 Å². The number of ketones is 1. The van der Waals surface area contributed by atoms with Gasteiger partial charge >= 0.3 is 0 Å². The Bertz CT molecular complexity index is 987. The maximum absolute atomic E-state index is 13.5. The van der Waals surface area contributed by atoms with Crippen LogP contribution in [-0.4, -0.2) is 57.8 Å². The Balaban J connectivity index is 2.37. The molecule has 5 atom stereocenters. The highest BCUT2D eigenvalue weighted by molar-refractivity contribution is 7.09. The molecule has 200 valence electrons. The highest BCUT2D eigenvalue weighted by Crippen LogP contribution is 2.32. The Morgan fingerprint density at radius 1 is 1.36 bits per heavy atom. The number of nitrogens with zero attached hydrogens (tertiary/aromatic N) is 1. The molecule has 1 aliphatic heterocycles. The minimum absolute atomic E-state index is 0.230. The van der Waals surface area contributed by atoms with Crippen LogP contribution in [0, 0.1) is 18.3 Å². The van der Waals surface area contributed by atoms with E-state index >= 15 is 0 Å². The summed E-state index contributed by atoms with van der Waals surface area (Å²) in [5.74, 6) is -1.59. The van der Waals surface area contributed by atoms with Gasteiger partial charge in [0.25, 0.3) is 0 Å².